The second-order valence-electron chi connectivity index (χ2n) is 6.10. The zero-order valence-electron chi connectivity index (χ0n) is 12.9. The fraction of sp³-hybridized carbons (Fsp3) is 0.500. The van der Waals surface area contributed by atoms with Gasteiger partial charge in [-0.1, -0.05) is 39.0 Å². The normalized spacial score (nSPS) is 14.1. The maximum atomic E-state index is 12.2. The number of hydrogen-bond donors (Lipinski definition) is 2. The van der Waals surface area contributed by atoms with Gasteiger partial charge in [0.05, 0.1) is 6.42 Å². The minimum Gasteiger partial charge on any atom is -0.481 e. The largest absolute Gasteiger partial charge is 0.481 e. The molecule has 0 aliphatic carbocycles. The molecular formula is C16H23NO4. The summed E-state index contributed by atoms with van der Waals surface area (Å²) in [5, 5.41) is 11.7. The van der Waals surface area contributed by atoms with Gasteiger partial charge >= 0.3 is 5.97 Å². The highest BCUT2D eigenvalue weighted by Gasteiger charge is 2.30. The molecule has 1 aromatic rings. The van der Waals surface area contributed by atoms with Crippen molar-refractivity contribution < 1.29 is 19.4 Å². The topological polar surface area (TPSA) is 75.6 Å². The molecule has 0 saturated heterocycles. The van der Waals surface area contributed by atoms with Crippen molar-refractivity contribution >= 4 is 11.9 Å². The minimum absolute atomic E-state index is 0.118. The van der Waals surface area contributed by atoms with Crippen LogP contribution in [-0.2, 0) is 9.59 Å². The molecule has 0 fully saturated rings. The molecule has 0 aliphatic heterocycles. The van der Waals surface area contributed by atoms with Gasteiger partial charge in [0.15, 0.2) is 6.10 Å². The molecule has 0 saturated carbocycles. The number of nitrogens with one attached hydrogen (secondary N) is 1. The molecule has 116 valence electrons. The van der Waals surface area contributed by atoms with Crippen molar-refractivity contribution in [1.82, 2.24) is 5.32 Å². The van der Waals surface area contributed by atoms with E-state index in [9.17, 15) is 9.59 Å². The van der Waals surface area contributed by atoms with E-state index in [1.807, 2.05) is 39.0 Å². The highest BCUT2D eigenvalue weighted by Crippen LogP contribution is 2.22. The van der Waals surface area contributed by atoms with Gasteiger partial charge in [-0.05, 0) is 24.5 Å². The first-order valence-corrected chi connectivity index (χ1v) is 6.94. The van der Waals surface area contributed by atoms with Crippen LogP contribution >= 0.6 is 0 Å². The number of hydrogen-bond acceptors (Lipinski definition) is 3. The molecular weight excluding hydrogens is 270 g/mol. The van der Waals surface area contributed by atoms with Gasteiger partial charge in [-0.15, -0.1) is 0 Å². The number of carboxylic acid groups (broad SMARTS) is 1. The number of carbonyl (C=O) groups is 2. The molecule has 2 N–H and O–H groups in total. The van der Waals surface area contributed by atoms with Gasteiger partial charge in [0.1, 0.15) is 5.75 Å². The molecule has 1 aromatic carbocycles. The average molecular weight is 293 g/mol. The lowest BCUT2D eigenvalue weighted by Crippen LogP contribution is -2.49. The molecule has 2 unspecified atom stereocenters. The molecule has 21 heavy (non-hydrogen) atoms. The Kier molecular flexibility index (Phi) is 5.76. The lowest BCUT2D eigenvalue weighted by atomic mass is 9.84. The second-order valence-corrected chi connectivity index (χ2v) is 6.10. The Bertz CT molecular complexity index is 479. The van der Waals surface area contributed by atoms with Crippen molar-refractivity contribution in [2.45, 2.75) is 46.3 Å². The van der Waals surface area contributed by atoms with Crippen LogP contribution in [0.15, 0.2) is 30.3 Å². The lowest BCUT2D eigenvalue weighted by Gasteiger charge is -2.31. The van der Waals surface area contributed by atoms with Gasteiger partial charge < -0.3 is 15.2 Å². The highest BCUT2D eigenvalue weighted by molar-refractivity contribution is 5.81. The molecule has 1 rings (SSSR count). The second kappa shape index (κ2) is 7.11. The number of carboxylic acids is 1. The zero-order chi connectivity index (χ0) is 16.0. The fourth-order valence-corrected chi connectivity index (χ4v) is 1.79. The molecule has 1 amide bonds. The monoisotopic (exact) mass is 293 g/mol. The van der Waals surface area contributed by atoms with Crippen molar-refractivity contribution in [1.29, 1.82) is 0 Å². The third kappa shape index (κ3) is 5.85. The van der Waals surface area contributed by atoms with Crippen molar-refractivity contribution in [3.05, 3.63) is 30.3 Å². The number of para-hydroxylation sites is 1. The smallest absolute Gasteiger partial charge is 0.305 e. The van der Waals surface area contributed by atoms with Crippen LogP contribution in [-0.4, -0.2) is 29.1 Å². The van der Waals surface area contributed by atoms with Crippen LogP contribution < -0.4 is 10.1 Å². The number of amides is 1. The van der Waals surface area contributed by atoms with E-state index in [4.69, 9.17) is 9.84 Å². The minimum atomic E-state index is -0.938. The third-order valence-corrected chi connectivity index (χ3v) is 3.17. The van der Waals surface area contributed by atoms with Crippen LogP contribution in [0.4, 0.5) is 0 Å². The van der Waals surface area contributed by atoms with Gasteiger partial charge in [0, 0.05) is 6.04 Å². The van der Waals surface area contributed by atoms with Gasteiger partial charge in [-0.3, -0.25) is 9.59 Å². The van der Waals surface area contributed by atoms with E-state index in [-0.39, 0.29) is 17.7 Å². The molecule has 0 aromatic heterocycles. The first kappa shape index (κ1) is 17.0. The van der Waals surface area contributed by atoms with Crippen molar-refractivity contribution in [2.24, 2.45) is 5.41 Å². The Hall–Kier alpha value is -2.04. The summed E-state index contributed by atoms with van der Waals surface area (Å²) in [5.41, 5.74) is -0.347. The fourth-order valence-electron chi connectivity index (χ4n) is 1.79. The van der Waals surface area contributed by atoms with Crippen LogP contribution in [0.5, 0.6) is 5.75 Å². The summed E-state index contributed by atoms with van der Waals surface area (Å²) in [4.78, 5) is 23.1. The standard InChI is InChI=1S/C16H23NO4/c1-11(21-12-8-6-5-7-9-12)15(20)17-13(10-14(18)19)16(2,3)4/h5-9,11,13H,10H2,1-4H3,(H,17,20)(H,18,19). The van der Waals surface area contributed by atoms with Crippen LogP contribution in [0.25, 0.3) is 0 Å². The predicted octanol–water partition coefficient (Wildman–Crippen LogP) is 2.46. The Balaban J connectivity index is 2.66. The van der Waals surface area contributed by atoms with Gasteiger partial charge in [-0.25, -0.2) is 0 Å². The van der Waals surface area contributed by atoms with Gasteiger partial charge in [-0.2, -0.15) is 0 Å². The average Bonchev–Trinajstić information content (AvgIpc) is 2.37. The number of benzene rings is 1. The van der Waals surface area contributed by atoms with Crippen LogP contribution in [0.2, 0.25) is 0 Å². The van der Waals surface area contributed by atoms with E-state index in [0.717, 1.165) is 0 Å². The van der Waals surface area contributed by atoms with Crippen LogP contribution in [0.1, 0.15) is 34.1 Å². The summed E-state index contributed by atoms with van der Waals surface area (Å²) < 4.78 is 5.54. The molecule has 0 spiro atoms. The van der Waals surface area contributed by atoms with Gasteiger partial charge in [0.25, 0.3) is 5.91 Å². The Morgan fingerprint density at radius 1 is 1.24 bits per heavy atom. The van der Waals surface area contributed by atoms with E-state index < -0.39 is 18.1 Å². The Morgan fingerprint density at radius 3 is 2.29 bits per heavy atom. The molecule has 0 bridgehead atoms. The summed E-state index contributed by atoms with van der Waals surface area (Å²) in [6, 6.07) is 8.58. The van der Waals surface area contributed by atoms with E-state index in [1.54, 1.807) is 19.1 Å². The summed E-state index contributed by atoms with van der Waals surface area (Å²) >= 11 is 0. The maximum absolute atomic E-state index is 12.2. The molecule has 0 radical (unpaired) electrons. The number of carbonyl (C=O) groups excluding carboxylic acids is 1. The molecule has 5 heteroatoms. The maximum Gasteiger partial charge on any atom is 0.305 e. The Labute approximate surface area is 125 Å². The third-order valence-electron chi connectivity index (χ3n) is 3.17. The highest BCUT2D eigenvalue weighted by atomic mass is 16.5. The van der Waals surface area contributed by atoms with Crippen LogP contribution in [0, 0.1) is 5.41 Å². The van der Waals surface area contributed by atoms with E-state index in [1.165, 1.54) is 0 Å². The lowest BCUT2D eigenvalue weighted by molar-refractivity contribution is -0.139. The SMILES string of the molecule is CC(Oc1ccccc1)C(=O)NC(CC(=O)O)C(C)(C)C. The van der Waals surface area contributed by atoms with Crippen molar-refractivity contribution in [2.75, 3.05) is 0 Å². The molecule has 5 nitrogen and oxygen atoms in total. The quantitative estimate of drug-likeness (QED) is 0.844. The van der Waals surface area contributed by atoms with Crippen molar-refractivity contribution in [3.8, 4) is 5.75 Å². The number of rotatable bonds is 6. The van der Waals surface area contributed by atoms with Gasteiger partial charge in [0.2, 0.25) is 0 Å². The zero-order valence-corrected chi connectivity index (χ0v) is 12.9. The van der Waals surface area contributed by atoms with Crippen molar-refractivity contribution in [3.63, 3.8) is 0 Å². The molecule has 0 aliphatic rings. The number of ether oxygens (including phenoxy) is 1. The summed E-state index contributed by atoms with van der Waals surface area (Å²) in [6.45, 7) is 7.32. The summed E-state index contributed by atoms with van der Waals surface area (Å²) in [6.07, 6.45) is -0.807. The van der Waals surface area contributed by atoms with E-state index in [2.05, 4.69) is 5.32 Å². The number of aliphatic carboxylic acids is 1. The summed E-state index contributed by atoms with van der Waals surface area (Å²) in [7, 11) is 0. The Morgan fingerprint density at radius 2 is 1.81 bits per heavy atom. The summed E-state index contributed by atoms with van der Waals surface area (Å²) in [5.74, 6) is -0.655. The molecule has 0 heterocycles. The predicted molar refractivity (Wildman–Crippen MR) is 80.2 cm³/mol. The van der Waals surface area contributed by atoms with E-state index >= 15 is 0 Å². The first-order valence-electron chi connectivity index (χ1n) is 6.94. The van der Waals surface area contributed by atoms with Crippen LogP contribution in [0.3, 0.4) is 0 Å². The molecule has 2 atom stereocenters. The first-order chi connectivity index (χ1) is 9.70. The van der Waals surface area contributed by atoms with E-state index in [0.29, 0.717) is 5.75 Å².